The first-order valence-electron chi connectivity index (χ1n) is 6.98. The van der Waals surface area contributed by atoms with Crippen LogP contribution in [0, 0.1) is 5.92 Å². The number of fused-ring (bicyclic) bond motifs is 1. The van der Waals surface area contributed by atoms with Crippen molar-refractivity contribution in [2.75, 3.05) is 32.8 Å². The van der Waals surface area contributed by atoms with Gasteiger partial charge < -0.3 is 10.1 Å². The van der Waals surface area contributed by atoms with Crippen LogP contribution >= 0.6 is 0 Å². The van der Waals surface area contributed by atoms with Gasteiger partial charge in [0.05, 0.1) is 6.61 Å². The molecule has 0 bridgehead atoms. The van der Waals surface area contributed by atoms with Gasteiger partial charge in [0, 0.05) is 31.8 Å². The van der Waals surface area contributed by atoms with Crippen molar-refractivity contribution in [1.82, 2.24) is 10.2 Å². The van der Waals surface area contributed by atoms with E-state index in [4.69, 9.17) is 4.74 Å². The Bertz CT molecular complexity index is 228. The third kappa shape index (κ3) is 2.27. The lowest BCUT2D eigenvalue weighted by molar-refractivity contribution is 0.0534. The minimum Gasteiger partial charge on any atom is -0.381 e. The van der Waals surface area contributed by atoms with Gasteiger partial charge in [0.25, 0.3) is 0 Å². The van der Waals surface area contributed by atoms with E-state index in [1.165, 1.54) is 51.7 Å². The Morgan fingerprint density at radius 3 is 3.00 bits per heavy atom. The molecule has 3 nitrogen and oxygen atoms in total. The Kier molecular flexibility index (Phi) is 3.46. The molecule has 0 aromatic rings. The van der Waals surface area contributed by atoms with Crippen molar-refractivity contribution in [3.8, 4) is 0 Å². The summed E-state index contributed by atoms with van der Waals surface area (Å²) >= 11 is 0. The van der Waals surface area contributed by atoms with Crippen LogP contribution in [-0.4, -0.2) is 49.8 Å². The highest BCUT2D eigenvalue weighted by molar-refractivity contribution is 4.95. The minimum atomic E-state index is 0.768. The highest BCUT2D eigenvalue weighted by atomic mass is 16.5. The largest absolute Gasteiger partial charge is 0.381 e. The zero-order valence-electron chi connectivity index (χ0n) is 10.2. The fourth-order valence-corrected chi connectivity index (χ4v) is 3.61. The number of ether oxygens (including phenoxy) is 1. The number of nitrogens with zero attached hydrogens (tertiary/aromatic N) is 1. The van der Waals surface area contributed by atoms with Crippen LogP contribution in [0.25, 0.3) is 0 Å². The number of hydrogen-bond donors (Lipinski definition) is 1. The second-order valence-electron chi connectivity index (χ2n) is 5.63. The van der Waals surface area contributed by atoms with Crippen LogP contribution in [-0.2, 0) is 4.74 Å². The summed E-state index contributed by atoms with van der Waals surface area (Å²) in [6, 6.07) is 1.62. The molecule has 0 aromatic heterocycles. The van der Waals surface area contributed by atoms with Crippen molar-refractivity contribution in [2.45, 2.75) is 44.2 Å². The molecule has 0 aliphatic carbocycles. The molecular weight excluding hydrogens is 200 g/mol. The first kappa shape index (κ1) is 11.0. The second-order valence-corrected chi connectivity index (χ2v) is 5.63. The molecule has 92 valence electrons. The van der Waals surface area contributed by atoms with Gasteiger partial charge in [-0.15, -0.1) is 0 Å². The average molecular weight is 224 g/mol. The lowest BCUT2D eigenvalue weighted by atomic mass is 10.0. The lowest BCUT2D eigenvalue weighted by Gasteiger charge is -2.26. The van der Waals surface area contributed by atoms with Crippen LogP contribution < -0.4 is 5.32 Å². The molecule has 0 spiro atoms. The molecule has 3 heterocycles. The fraction of sp³-hybridized carbons (Fsp3) is 1.00. The zero-order valence-corrected chi connectivity index (χ0v) is 10.2. The summed E-state index contributed by atoms with van der Waals surface area (Å²) < 4.78 is 5.53. The predicted molar refractivity (Wildman–Crippen MR) is 64.5 cm³/mol. The Balaban J connectivity index is 1.44. The van der Waals surface area contributed by atoms with Gasteiger partial charge in [0.2, 0.25) is 0 Å². The second kappa shape index (κ2) is 5.03. The first-order valence-corrected chi connectivity index (χ1v) is 6.98. The molecule has 0 radical (unpaired) electrons. The Hall–Kier alpha value is -0.120. The molecule has 3 aliphatic heterocycles. The van der Waals surface area contributed by atoms with Crippen molar-refractivity contribution >= 4 is 0 Å². The number of hydrogen-bond acceptors (Lipinski definition) is 3. The van der Waals surface area contributed by atoms with Crippen LogP contribution in [0.3, 0.4) is 0 Å². The summed E-state index contributed by atoms with van der Waals surface area (Å²) in [7, 11) is 0. The third-order valence-electron chi connectivity index (χ3n) is 4.53. The van der Waals surface area contributed by atoms with Crippen LogP contribution in [0.15, 0.2) is 0 Å². The van der Waals surface area contributed by atoms with Crippen LogP contribution in [0.2, 0.25) is 0 Å². The Morgan fingerprint density at radius 2 is 2.12 bits per heavy atom. The van der Waals surface area contributed by atoms with E-state index in [0.717, 1.165) is 31.2 Å². The van der Waals surface area contributed by atoms with E-state index >= 15 is 0 Å². The first-order chi connectivity index (χ1) is 7.93. The van der Waals surface area contributed by atoms with Gasteiger partial charge in [-0.3, -0.25) is 4.90 Å². The molecule has 16 heavy (non-hydrogen) atoms. The molecular formula is C13H24N2O. The normalized spacial score (nSPS) is 40.1. The van der Waals surface area contributed by atoms with Crippen LogP contribution in [0.4, 0.5) is 0 Å². The predicted octanol–water partition coefficient (Wildman–Crippen LogP) is 1.24. The highest BCUT2D eigenvalue weighted by Crippen LogP contribution is 2.28. The maximum atomic E-state index is 5.53. The average Bonchev–Trinajstić information content (AvgIpc) is 2.90. The van der Waals surface area contributed by atoms with Crippen LogP contribution in [0.5, 0.6) is 0 Å². The summed E-state index contributed by atoms with van der Waals surface area (Å²) in [4.78, 5) is 2.68. The molecule has 0 aromatic carbocycles. The van der Waals surface area contributed by atoms with E-state index in [9.17, 15) is 0 Å². The molecule has 3 fully saturated rings. The van der Waals surface area contributed by atoms with Gasteiger partial charge in [-0.05, 0) is 44.6 Å². The summed E-state index contributed by atoms with van der Waals surface area (Å²) in [6.07, 6.45) is 6.80. The maximum absolute atomic E-state index is 5.53. The van der Waals surface area contributed by atoms with Gasteiger partial charge in [-0.25, -0.2) is 0 Å². The molecule has 3 unspecified atom stereocenters. The van der Waals surface area contributed by atoms with E-state index < -0.39 is 0 Å². The minimum absolute atomic E-state index is 0.768. The third-order valence-corrected chi connectivity index (χ3v) is 4.53. The smallest absolute Gasteiger partial charge is 0.0506 e. The topological polar surface area (TPSA) is 24.5 Å². The summed E-state index contributed by atoms with van der Waals surface area (Å²) in [5, 5.41) is 3.80. The Labute approximate surface area is 98.5 Å². The summed E-state index contributed by atoms with van der Waals surface area (Å²) in [6.45, 7) is 5.80. The van der Waals surface area contributed by atoms with Crippen LogP contribution in [0.1, 0.15) is 32.1 Å². The maximum Gasteiger partial charge on any atom is 0.0506 e. The molecule has 3 heteroatoms. The highest BCUT2D eigenvalue weighted by Gasteiger charge is 2.36. The van der Waals surface area contributed by atoms with Crippen molar-refractivity contribution < 1.29 is 4.74 Å². The standard InChI is InChI=1S/C13H24N2O/c1-4-13-12(5-7-15(13)6-1)14-9-11-3-2-8-16-10-11/h11-14H,1-10H2. The van der Waals surface area contributed by atoms with Gasteiger partial charge in [0.15, 0.2) is 0 Å². The lowest BCUT2D eigenvalue weighted by Crippen LogP contribution is -2.42. The van der Waals surface area contributed by atoms with Crippen molar-refractivity contribution in [2.24, 2.45) is 5.92 Å². The number of nitrogens with one attached hydrogen (secondary N) is 1. The summed E-state index contributed by atoms with van der Waals surface area (Å²) in [5.74, 6) is 0.768. The van der Waals surface area contributed by atoms with Gasteiger partial charge in [-0.2, -0.15) is 0 Å². The van der Waals surface area contributed by atoms with Crippen molar-refractivity contribution in [3.05, 3.63) is 0 Å². The molecule has 3 aliphatic rings. The quantitative estimate of drug-likeness (QED) is 0.780. The molecule has 3 saturated heterocycles. The zero-order chi connectivity index (χ0) is 10.8. The summed E-state index contributed by atoms with van der Waals surface area (Å²) in [5.41, 5.74) is 0. The molecule has 0 saturated carbocycles. The SMILES string of the molecule is C1COCC(CNC2CCN3CCCC23)C1. The molecule has 1 N–H and O–H groups in total. The number of rotatable bonds is 3. The fourth-order valence-electron chi connectivity index (χ4n) is 3.61. The van der Waals surface area contributed by atoms with E-state index in [2.05, 4.69) is 10.2 Å². The Morgan fingerprint density at radius 1 is 1.12 bits per heavy atom. The van der Waals surface area contributed by atoms with E-state index in [-0.39, 0.29) is 0 Å². The van der Waals surface area contributed by atoms with E-state index in [1.807, 2.05) is 0 Å². The molecule has 0 amide bonds. The van der Waals surface area contributed by atoms with Crippen molar-refractivity contribution in [3.63, 3.8) is 0 Å². The van der Waals surface area contributed by atoms with E-state index in [0.29, 0.717) is 0 Å². The molecule has 3 atom stereocenters. The van der Waals surface area contributed by atoms with Gasteiger partial charge in [-0.1, -0.05) is 0 Å². The van der Waals surface area contributed by atoms with Gasteiger partial charge in [0.1, 0.15) is 0 Å². The molecule has 3 rings (SSSR count). The van der Waals surface area contributed by atoms with E-state index in [1.54, 1.807) is 0 Å². The van der Waals surface area contributed by atoms with Gasteiger partial charge >= 0.3 is 0 Å². The van der Waals surface area contributed by atoms with Crippen molar-refractivity contribution in [1.29, 1.82) is 0 Å². The monoisotopic (exact) mass is 224 g/mol.